The second kappa shape index (κ2) is 8.97. The number of hydrogen-bond donors (Lipinski definition) is 2. The molecule has 0 aromatic rings. The molecule has 0 aromatic heterocycles. The van der Waals surface area contributed by atoms with Crippen LogP contribution in [0.25, 0.3) is 0 Å². The van der Waals surface area contributed by atoms with Crippen LogP contribution in [0.15, 0.2) is 0 Å². The average molecular weight is 239 g/mol. The van der Waals surface area contributed by atoms with E-state index in [1.165, 1.54) is 19.3 Å². The lowest BCUT2D eigenvalue weighted by Gasteiger charge is -2.23. The summed E-state index contributed by atoms with van der Waals surface area (Å²) in [5.41, 5.74) is 0. The molecule has 1 fully saturated rings. The number of nitriles is 1. The van der Waals surface area contributed by atoms with E-state index in [1.54, 1.807) is 0 Å². The molecule has 0 bridgehead atoms. The van der Waals surface area contributed by atoms with Gasteiger partial charge in [0, 0.05) is 19.2 Å². The van der Waals surface area contributed by atoms with Gasteiger partial charge in [0.2, 0.25) is 5.91 Å². The molecule has 5 nitrogen and oxygen atoms in total. The van der Waals surface area contributed by atoms with Gasteiger partial charge in [0.1, 0.15) is 6.61 Å². The van der Waals surface area contributed by atoms with E-state index < -0.39 is 0 Å². The van der Waals surface area contributed by atoms with Crippen molar-refractivity contribution in [3.63, 3.8) is 0 Å². The van der Waals surface area contributed by atoms with E-state index in [4.69, 9.17) is 10.00 Å². The van der Waals surface area contributed by atoms with Gasteiger partial charge in [-0.3, -0.25) is 4.79 Å². The topological polar surface area (TPSA) is 74.2 Å². The Morgan fingerprint density at radius 2 is 2.41 bits per heavy atom. The maximum absolute atomic E-state index is 11.2. The minimum Gasteiger partial charge on any atom is -0.372 e. The van der Waals surface area contributed by atoms with Crippen LogP contribution in [0.1, 0.15) is 32.1 Å². The number of rotatable bonds is 7. The van der Waals surface area contributed by atoms with Gasteiger partial charge in [-0.1, -0.05) is 6.42 Å². The Labute approximate surface area is 103 Å². The molecule has 5 heteroatoms. The van der Waals surface area contributed by atoms with Crippen LogP contribution in [0, 0.1) is 11.3 Å². The Bertz CT molecular complexity index is 257. The molecule has 1 aliphatic rings. The molecule has 17 heavy (non-hydrogen) atoms. The smallest absolute Gasteiger partial charge is 0.246 e. The molecule has 1 rings (SSSR count). The van der Waals surface area contributed by atoms with Crippen LogP contribution in [0.3, 0.4) is 0 Å². The average Bonchev–Trinajstić information content (AvgIpc) is 2.36. The van der Waals surface area contributed by atoms with E-state index in [-0.39, 0.29) is 12.5 Å². The quantitative estimate of drug-likeness (QED) is 0.637. The van der Waals surface area contributed by atoms with Gasteiger partial charge < -0.3 is 15.4 Å². The first-order valence-electron chi connectivity index (χ1n) is 6.27. The zero-order valence-corrected chi connectivity index (χ0v) is 10.2. The zero-order chi connectivity index (χ0) is 12.3. The minimum atomic E-state index is -0.142. The lowest BCUT2D eigenvalue weighted by Crippen LogP contribution is -2.35. The largest absolute Gasteiger partial charge is 0.372 e. The number of carbonyl (C=O) groups excluding carboxylic acids is 1. The molecule has 0 saturated carbocycles. The lowest BCUT2D eigenvalue weighted by atomic mass is 10.0. The van der Waals surface area contributed by atoms with E-state index in [0.29, 0.717) is 25.6 Å². The summed E-state index contributed by atoms with van der Waals surface area (Å²) in [6.07, 6.45) is 5.06. The summed E-state index contributed by atoms with van der Waals surface area (Å²) < 4.78 is 5.29. The lowest BCUT2D eigenvalue weighted by molar-refractivity contribution is -0.125. The second-order valence-corrected chi connectivity index (χ2v) is 4.25. The SMILES string of the molecule is N#CCCNC(=O)COCCC1CCCCN1. The molecule has 0 radical (unpaired) electrons. The molecule has 0 aliphatic carbocycles. The summed E-state index contributed by atoms with van der Waals surface area (Å²) in [7, 11) is 0. The molecule has 1 atom stereocenters. The maximum atomic E-state index is 11.2. The van der Waals surface area contributed by atoms with Gasteiger partial charge in [0.25, 0.3) is 0 Å². The van der Waals surface area contributed by atoms with Crippen molar-refractivity contribution < 1.29 is 9.53 Å². The highest BCUT2D eigenvalue weighted by molar-refractivity contribution is 5.77. The van der Waals surface area contributed by atoms with E-state index >= 15 is 0 Å². The number of hydrogen-bond acceptors (Lipinski definition) is 4. The summed E-state index contributed by atoms with van der Waals surface area (Å²) in [6.45, 7) is 2.21. The second-order valence-electron chi connectivity index (χ2n) is 4.25. The van der Waals surface area contributed by atoms with Gasteiger partial charge in [-0.25, -0.2) is 0 Å². The first-order valence-corrected chi connectivity index (χ1v) is 6.27. The van der Waals surface area contributed by atoms with Gasteiger partial charge in [0.05, 0.1) is 12.5 Å². The molecule has 1 unspecified atom stereocenters. The normalized spacial score (nSPS) is 19.6. The van der Waals surface area contributed by atoms with Crippen LogP contribution in [0.2, 0.25) is 0 Å². The van der Waals surface area contributed by atoms with Gasteiger partial charge in [-0.2, -0.15) is 5.26 Å². The van der Waals surface area contributed by atoms with Crippen molar-refractivity contribution >= 4 is 5.91 Å². The standard InChI is InChI=1S/C12H21N3O2/c13-6-3-8-15-12(16)10-17-9-5-11-4-1-2-7-14-11/h11,14H,1-5,7-10H2,(H,15,16). The molecule has 1 aliphatic heterocycles. The van der Waals surface area contributed by atoms with Crippen molar-refractivity contribution in [2.75, 3.05) is 26.3 Å². The number of carbonyl (C=O) groups is 1. The minimum absolute atomic E-state index is 0.0954. The van der Waals surface area contributed by atoms with Crippen molar-refractivity contribution in [1.29, 1.82) is 5.26 Å². The highest BCUT2D eigenvalue weighted by Crippen LogP contribution is 2.09. The summed E-state index contributed by atoms with van der Waals surface area (Å²) in [5.74, 6) is -0.142. The highest BCUT2D eigenvalue weighted by atomic mass is 16.5. The van der Waals surface area contributed by atoms with Gasteiger partial charge >= 0.3 is 0 Å². The molecule has 1 amide bonds. The van der Waals surface area contributed by atoms with E-state index in [1.807, 2.05) is 6.07 Å². The molecular formula is C12H21N3O2. The van der Waals surface area contributed by atoms with Crippen molar-refractivity contribution in [2.45, 2.75) is 38.1 Å². The van der Waals surface area contributed by atoms with E-state index in [9.17, 15) is 4.79 Å². The van der Waals surface area contributed by atoms with Gasteiger partial charge in [-0.15, -0.1) is 0 Å². The first kappa shape index (κ1) is 13.9. The molecule has 2 N–H and O–H groups in total. The third-order valence-corrected chi connectivity index (χ3v) is 2.82. The first-order chi connectivity index (χ1) is 8.33. The van der Waals surface area contributed by atoms with Crippen molar-refractivity contribution in [2.24, 2.45) is 0 Å². The van der Waals surface area contributed by atoms with Crippen LogP contribution >= 0.6 is 0 Å². The molecule has 96 valence electrons. The number of amides is 1. The molecule has 1 saturated heterocycles. The maximum Gasteiger partial charge on any atom is 0.246 e. The van der Waals surface area contributed by atoms with Crippen LogP contribution in [-0.4, -0.2) is 38.3 Å². The Morgan fingerprint density at radius 1 is 1.53 bits per heavy atom. The fourth-order valence-electron chi connectivity index (χ4n) is 1.87. The predicted molar refractivity (Wildman–Crippen MR) is 64.3 cm³/mol. The summed E-state index contributed by atoms with van der Waals surface area (Å²) in [4.78, 5) is 11.2. The van der Waals surface area contributed by atoms with Crippen LogP contribution in [0.5, 0.6) is 0 Å². The summed E-state index contributed by atoms with van der Waals surface area (Å²) in [5, 5.41) is 14.4. The number of nitrogens with one attached hydrogen (secondary N) is 2. The molecular weight excluding hydrogens is 218 g/mol. The summed E-state index contributed by atoms with van der Waals surface area (Å²) >= 11 is 0. The molecule has 0 aromatic carbocycles. The fourth-order valence-corrected chi connectivity index (χ4v) is 1.87. The number of ether oxygens (including phenoxy) is 1. The molecule has 1 heterocycles. The zero-order valence-electron chi connectivity index (χ0n) is 10.2. The van der Waals surface area contributed by atoms with Crippen LogP contribution in [-0.2, 0) is 9.53 Å². The Balaban J connectivity index is 1.92. The number of piperidine rings is 1. The summed E-state index contributed by atoms with van der Waals surface area (Å²) in [6, 6.07) is 2.52. The Kier molecular flexibility index (Phi) is 7.35. The van der Waals surface area contributed by atoms with Crippen molar-refractivity contribution in [3.05, 3.63) is 0 Å². The van der Waals surface area contributed by atoms with Crippen LogP contribution < -0.4 is 10.6 Å². The number of nitrogens with zero attached hydrogens (tertiary/aromatic N) is 1. The Hall–Kier alpha value is -1.12. The Morgan fingerprint density at radius 3 is 3.12 bits per heavy atom. The predicted octanol–water partition coefficient (Wildman–Crippen LogP) is 0.565. The van der Waals surface area contributed by atoms with E-state index in [0.717, 1.165) is 13.0 Å². The van der Waals surface area contributed by atoms with Crippen molar-refractivity contribution in [3.8, 4) is 6.07 Å². The molecule has 0 spiro atoms. The fraction of sp³-hybridized carbons (Fsp3) is 0.833. The van der Waals surface area contributed by atoms with Gasteiger partial charge in [0.15, 0.2) is 0 Å². The van der Waals surface area contributed by atoms with Crippen molar-refractivity contribution in [1.82, 2.24) is 10.6 Å². The third kappa shape index (κ3) is 6.93. The van der Waals surface area contributed by atoms with E-state index in [2.05, 4.69) is 10.6 Å². The third-order valence-electron chi connectivity index (χ3n) is 2.82. The monoisotopic (exact) mass is 239 g/mol. The van der Waals surface area contributed by atoms with Crippen LogP contribution in [0.4, 0.5) is 0 Å². The van der Waals surface area contributed by atoms with Gasteiger partial charge in [-0.05, 0) is 25.8 Å². The highest BCUT2D eigenvalue weighted by Gasteiger charge is 2.11.